The highest BCUT2D eigenvalue weighted by Crippen LogP contribution is 2.35. The number of halogens is 3. The molecule has 0 aromatic carbocycles. The van der Waals surface area contributed by atoms with Crippen LogP contribution in [0.25, 0.3) is 0 Å². The zero-order chi connectivity index (χ0) is 10.1. The van der Waals surface area contributed by atoms with Crippen LogP contribution in [0, 0.1) is 0 Å². The number of aromatic nitrogens is 1. The molecule has 0 saturated carbocycles. The first-order chi connectivity index (χ1) is 5.86. The van der Waals surface area contributed by atoms with Gasteiger partial charge < -0.3 is 5.73 Å². The number of hydrogen-bond donors (Lipinski definition) is 1. The van der Waals surface area contributed by atoms with Crippen molar-refractivity contribution in [3.05, 3.63) is 30.1 Å². The Morgan fingerprint density at radius 2 is 2.00 bits per heavy atom. The van der Waals surface area contributed by atoms with Crippen molar-refractivity contribution in [2.45, 2.75) is 18.6 Å². The van der Waals surface area contributed by atoms with Gasteiger partial charge >= 0.3 is 6.18 Å². The number of hydrogen-bond acceptors (Lipinski definition) is 2. The molecule has 0 aliphatic rings. The van der Waals surface area contributed by atoms with Crippen molar-refractivity contribution in [2.75, 3.05) is 0 Å². The Kier molecular flexibility index (Phi) is 2.30. The zero-order valence-corrected chi connectivity index (χ0v) is 6.97. The van der Waals surface area contributed by atoms with Crippen molar-refractivity contribution in [1.29, 1.82) is 0 Å². The summed E-state index contributed by atoms with van der Waals surface area (Å²) in [6, 6.07) is 2.73. The van der Waals surface area contributed by atoms with E-state index in [0.29, 0.717) is 0 Å². The van der Waals surface area contributed by atoms with E-state index in [0.717, 1.165) is 13.1 Å². The van der Waals surface area contributed by atoms with E-state index in [4.69, 9.17) is 5.73 Å². The van der Waals surface area contributed by atoms with Gasteiger partial charge in [-0.1, -0.05) is 6.07 Å². The largest absolute Gasteiger partial charge is 0.410 e. The highest BCUT2D eigenvalue weighted by atomic mass is 19.4. The highest BCUT2D eigenvalue weighted by Gasteiger charge is 2.49. The summed E-state index contributed by atoms with van der Waals surface area (Å²) in [5.41, 5.74) is 2.78. The van der Waals surface area contributed by atoms with E-state index in [1.807, 2.05) is 0 Å². The molecule has 1 heterocycles. The summed E-state index contributed by atoms with van der Waals surface area (Å²) in [6.07, 6.45) is -1.94. The van der Waals surface area contributed by atoms with Crippen molar-refractivity contribution in [3.63, 3.8) is 0 Å². The molecule has 1 aromatic rings. The molecule has 0 bridgehead atoms. The van der Waals surface area contributed by atoms with E-state index < -0.39 is 11.7 Å². The fourth-order valence-corrected chi connectivity index (χ4v) is 0.834. The molecule has 72 valence electrons. The van der Waals surface area contributed by atoms with Gasteiger partial charge in [-0.15, -0.1) is 0 Å². The molecule has 0 saturated heterocycles. The van der Waals surface area contributed by atoms with E-state index in [-0.39, 0.29) is 5.56 Å². The van der Waals surface area contributed by atoms with Crippen molar-refractivity contribution in [1.82, 2.24) is 4.98 Å². The lowest BCUT2D eigenvalue weighted by Gasteiger charge is -2.27. The average Bonchev–Trinajstić information content (AvgIpc) is 2.04. The van der Waals surface area contributed by atoms with Crippen molar-refractivity contribution in [3.8, 4) is 0 Å². The summed E-state index contributed by atoms with van der Waals surface area (Å²) < 4.78 is 37.1. The van der Waals surface area contributed by atoms with Gasteiger partial charge in [0, 0.05) is 12.4 Å². The summed E-state index contributed by atoms with van der Waals surface area (Å²) in [5, 5.41) is 0. The highest BCUT2D eigenvalue weighted by molar-refractivity contribution is 5.20. The van der Waals surface area contributed by atoms with E-state index >= 15 is 0 Å². The quantitative estimate of drug-likeness (QED) is 0.733. The van der Waals surface area contributed by atoms with Gasteiger partial charge in [-0.3, -0.25) is 4.98 Å². The second-order valence-corrected chi connectivity index (χ2v) is 2.94. The Morgan fingerprint density at radius 3 is 2.38 bits per heavy atom. The molecule has 0 aliphatic carbocycles. The summed E-state index contributed by atoms with van der Waals surface area (Å²) >= 11 is 0. The SMILES string of the molecule is CC(N)(c1cccnc1)C(F)(F)F. The molecule has 0 aliphatic heterocycles. The van der Waals surface area contributed by atoms with E-state index in [9.17, 15) is 13.2 Å². The number of nitrogens with zero attached hydrogens (tertiary/aromatic N) is 1. The van der Waals surface area contributed by atoms with E-state index in [1.54, 1.807) is 0 Å². The topological polar surface area (TPSA) is 38.9 Å². The van der Waals surface area contributed by atoms with Crippen LogP contribution in [0.2, 0.25) is 0 Å². The summed E-state index contributed by atoms with van der Waals surface area (Å²) in [7, 11) is 0. The van der Waals surface area contributed by atoms with Crippen LogP contribution in [0.5, 0.6) is 0 Å². The van der Waals surface area contributed by atoms with Crippen molar-refractivity contribution in [2.24, 2.45) is 5.73 Å². The van der Waals surface area contributed by atoms with Crippen LogP contribution in [0.15, 0.2) is 24.5 Å². The number of alkyl halides is 3. The van der Waals surface area contributed by atoms with Gasteiger partial charge in [-0.2, -0.15) is 13.2 Å². The molecule has 1 rings (SSSR count). The van der Waals surface area contributed by atoms with E-state index in [1.165, 1.54) is 18.3 Å². The first-order valence-corrected chi connectivity index (χ1v) is 3.62. The third-order valence-electron chi connectivity index (χ3n) is 1.85. The lowest BCUT2D eigenvalue weighted by Crippen LogP contribution is -2.47. The average molecular weight is 190 g/mol. The number of rotatable bonds is 1. The predicted octanol–water partition coefficient (Wildman–Crippen LogP) is 1.82. The minimum atomic E-state index is -4.46. The molecule has 2 nitrogen and oxygen atoms in total. The van der Waals surface area contributed by atoms with Gasteiger partial charge in [0.05, 0.1) is 0 Å². The maximum absolute atomic E-state index is 12.4. The third kappa shape index (κ3) is 1.80. The minimum Gasteiger partial charge on any atom is -0.314 e. The Balaban J connectivity index is 3.08. The molecule has 1 aromatic heterocycles. The van der Waals surface area contributed by atoms with Gasteiger partial charge in [-0.05, 0) is 18.6 Å². The van der Waals surface area contributed by atoms with Crippen LogP contribution in [0.4, 0.5) is 13.2 Å². The second-order valence-electron chi connectivity index (χ2n) is 2.94. The Labute approximate surface area is 73.6 Å². The first-order valence-electron chi connectivity index (χ1n) is 3.62. The van der Waals surface area contributed by atoms with Gasteiger partial charge in [0.2, 0.25) is 0 Å². The molecule has 1 atom stereocenters. The number of nitrogens with two attached hydrogens (primary N) is 1. The zero-order valence-electron chi connectivity index (χ0n) is 6.97. The normalized spacial score (nSPS) is 16.7. The minimum absolute atomic E-state index is 0.0394. The first kappa shape index (κ1) is 9.98. The Bertz CT molecular complexity index is 279. The summed E-state index contributed by atoms with van der Waals surface area (Å²) in [4.78, 5) is 3.58. The van der Waals surface area contributed by atoms with Crippen molar-refractivity contribution >= 4 is 0 Å². The van der Waals surface area contributed by atoms with Gasteiger partial charge in [0.15, 0.2) is 0 Å². The lowest BCUT2D eigenvalue weighted by molar-refractivity contribution is -0.184. The van der Waals surface area contributed by atoms with Crippen LogP contribution < -0.4 is 5.73 Å². The van der Waals surface area contributed by atoms with Gasteiger partial charge in [-0.25, -0.2) is 0 Å². The second kappa shape index (κ2) is 2.99. The fourth-order valence-electron chi connectivity index (χ4n) is 0.834. The molecule has 0 radical (unpaired) electrons. The van der Waals surface area contributed by atoms with Gasteiger partial charge in [0.25, 0.3) is 0 Å². The molecular weight excluding hydrogens is 181 g/mol. The maximum atomic E-state index is 12.4. The maximum Gasteiger partial charge on any atom is 0.410 e. The summed E-state index contributed by atoms with van der Waals surface area (Å²) in [5.74, 6) is 0. The molecule has 0 fully saturated rings. The van der Waals surface area contributed by atoms with Crippen LogP contribution in [0.1, 0.15) is 12.5 Å². The molecule has 1 unspecified atom stereocenters. The molecule has 5 heteroatoms. The standard InChI is InChI=1S/C8H9F3N2/c1-7(12,8(9,10)11)6-3-2-4-13-5-6/h2-5H,12H2,1H3. The molecular formula is C8H9F3N2. The van der Waals surface area contributed by atoms with Crippen molar-refractivity contribution < 1.29 is 13.2 Å². The summed E-state index contributed by atoms with van der Waals surface area (Å²) in [6.45, 7) is 0.921. The Morgan fingerprint density at radius 1 is 1.38 bits per heavy atom. The lowest BCUT2D eigenvalue weighted by atomic mass is 9.94. The smallest absolute Gasteiger partial charge is 0.314 e. The Hall–Kier alpha value is -1.10. The van der Waals surface area contributed by atoms with Crippen LogP contribution in [0.3, 0.4) is 0 Å². The van der Waals surface area contributed by atoms with Crippen LogP contribution in [-0.2, 0) is 5.54 Å². The molecule has 13 heavy (non-hydrogen) atoms. The van der Waals surface area contributed by atoms with E-state index in [2.05, 4.69) is 4.98 Å². The van der Waals surface area contributed by atoms with Crippen LogP contribution in [-0.4, -0.2) is 11.2 Å². The monoisotopic (exact) mass is 190 g/mol. The third-order valence-corrected chi connectivity index (χ3v) is 1.85. The predicted molar refractivity (Wildman–Crippen MR) is 41.8 cm³/mol. The molecule has 2 N–H and O–H groups in total. The fraction of sp³-hybridized carbons (Fsp3) is 0.375. The molecule has 0 amide bonds. The molecule has 0 spiro atoms. The number of pyridine rings is 1. The van der Waals surface area contributed by atoms with Crippen LogP contribution >= 0.6 is 0 Å². The van der Waals surface area contributed by atoms with Gasteiger partial charge in [0.1, 0.15) is 5.54 Å².